The molecule has 0 amide bonds. The van der Waals surface area contributed by atoms with Crippen LogP contribution < -0.4 is 10.5 Å². The van der Waals surface area contributed by atoms with Crippen LogP contribution in [-0.2, 0) is 0 Å². The molecule has 92 valence electrons. The Bertz CT molecular complexity index is 602. The van der Waals surface area contributed by atoms with Crippen molar-refractivity contribution in [2.75, 3.05) is 5.73 Å². The van der Waals surface area contributed by atoms with Crippen LogP contribution in [0, 0.1) is 0 Å². The fourth-order valence-electron chi connectivity index (χ4n) is 1.40. The van der Waals surface area contributed by atoms with Gasteiger partial charge in [-0.1, -0.05) is 17.7 Å². The predicted octanol–water partition coefficient (Wildman–Crippen LogP) is 2.81. The van der Waals surface area contributed by atoms with Crippen LogP contribution >= 0.6 is 11.6 Å². The zero-order valence-electron chi connectivity index (χ0n) is 9.13. The van der Waals surface area contributed by atoms with Crippen molar-refractivity contribution in [2.45, 2.75) is 0 Å². The Kier molecular flexibility index (Phi) is 3.34. The summed E-state index contributed by atoms with van der Waals surface area (Å²) in [4.78, 5) is 14.9. The number of rotatable bonds is 3. The van der Waals surface area contributed by atoms with Crippen LogP contribution in [0.25, 0.3) is 0 Å². The zero-order valence-corrected chi connectivity index (χ0v) is 9.89. The average Bonchev–Trinajstić information content (AvgIpc) is 2.31. The highest BCUT2D eigenvalue weighted by atomic mass is 35.5. The molecule has 0 aliphatic carbocycles. The van der Waals surface area contributed by atoms with Crippen molar-refractivity contribution < 1.29 is 14.6 Å². The van der Waals surface area contributed by atoms with E-state index in [2.05, 4.69) is 4.98 Å². The van der Waals surface area contributed by atoms with Gasteiger partial charge in [-0.05, 0) is 12.1 Å². The van der Waals surface area contributed by atoms with Gasteiger partial charge in [-0.2, -0.15) is 0 Å². The van der Waals surface area contributed by atoms with E-state index >= 15 is 0 Å². The van der Waals surface area contributed by atoms with Crippen molar-refractivity contribution in [3.05, 3.63) is 47.2 Å². The molecule has 6 heteroatoms. The number of hydrogen-bond donors (Lipinski definition) is 2. The Balaban J connectivity index is 2.42. The fourth-order valence-corrected chi connectivity index (χ4v) is 1.57. The van der Waals surface area contributed by atoms with E-state index in [9.17, 15) is 4.79 Å². The standard InChI is InChI=1S/C12H9ClN2O3/c13-7-4-8(6-15-5-7)18-11-9(12(16)17)2-1-3-10(11)14/h1-6H,14H2,(H,16,17). The highest BCUT2D eigenvalue weighted by Crippen LogP contribution is 2.31. The molecule has 1 aromatic heterocycles. The van der Waals surface area contributed by atoms with E-state index in [1.54, 1.807) is 12.1 Å². The van der Waals surface area contributed by atoms with E-state index in [0.29, 0.717) is 10.8 Å². The van der Waals surface area contributed by atoms with E-state index < -0.39 is 5.97 Å². The number of nitrogen functional groups attached to an aromatic ring is 1. The van der Waals surface area contributed by atoms with Crippen LogP contribution in [0.3, 0.4) is 0 Å². The highest BCUT2D eigenvalue weighted by Gasteiger charge is 2.15. The van der Waals surface area contributed by atoms with Crippen LogP contribution in [0.1, 0.15) is 10.4 Å². The first-order valence-corrected chi connectivity index (χ1v) is 5.36. The average molecular weight is 265 g/mol. The van der Waals surface area contributed by atoms with Gasteiger partial charge in [-0.3, -0.25) is 4.98 Å². The maximum atomic E-state index is 11.1. The first-order chi connectivity index (χ1) is 8.58. The van der Waals surface area contributed by atoms with E-state index in [4.69, 9.17) is 27.2 Å². The minimum Gasteiger partial charge on any atom is -0.478 e. The second-order valence-corrected chi connectivity index (χ2v) is 3.91. The second kappa shape index (κ2) is 4.93. The molecule has 0 saturated carbocycles. The number of aromatic nitrogens is 1. The van der Waals surface area contributed by atoms with Gasteiger partial charge in [0.2, 0.25) is 0 Å². The number of carboxylic acids is 1. The number of nitrogens with two attached hydrogens (primary N) is 1. The molecule has 3 N–H and O–H groups in total. The first-order valence-electron chi connectivity index (χ1n) is 4.98. The van der Waals surface area contributed by atoms with Crippen molar-refractivity contribution in [3.63, 3.8) is 0 Å². The lowest BCUT2D eigenvalue weighted by atomic mass is 10.2. The molecule has 1 aromatic carbocycles. The highest BCUT2D eigenvalue weighted by molar-refractivity contribution is 6.30. The maximum absolute atomic E-state index is 11.1. The van der Waals surface area contributed by atoms with Crippen LogP contribution in [0.2, 0.25) is 5.02 Å². The summed E-state index contributed by atoms with van der Waals surface area (Å²) in [7, 11) is 0. The summed E-state index contributed by atoms with van der Waals surface area (Å²) in [5.41, 5.74) is 5.92. The number of nitrogens with zero attached hydrogens (tertiary/aromatic N) is 1. The molecule has 0 aliphatic heterocycles. The molecule has 1 heterocycles. The number of carbonyl (C=O) groups is 1. The van der Waals surface area contributed by atoms with Crippen molar-refractivity contribution in [3.8, 4) is 11.5 Å². The number of carboxylic acid groups (broad SMARTS) is 1. The van der Waals surface area contributed by atoms with Crippen molar-refractivity contribution in [2.24, 2.45) is 0 Å². The normalized spacial score (nSPS) is 10.1. The minimum absolute atomic E-state index is 0.0185. The number of halogens is 1. The number of aromatic carboxylic acids is 1. The van der Waals surface area contributed by atoms with E-state index in [1.807, 2.05) is 0 Å². The van der Waals surface area contributed by atoms with Crippen molar-refractivity contribution in [1.29, 1.82) is 0 Å². The van der Waals surface area contributed by atoms with Gasteiger partial charge in [0, 0.05) is 12.3 Å². The molecule has 0 radical (unpaired) electrons. The summed E-state index contributed by atoms with van der Waals surface area (Å²) < 4.78 is 5.43. The molecule has 0 atom stereocenters. The van der Waals surface area contributed by atoms with Crippen LogP contribution in [0.4, 0.5) is 5.69 Å². The van der Waals surface area contributed by atoms with Gasteiger partial charge >= 0.3 is 5.97 Å². The molecule has 0 fully saturated rings. The molecular weight excluding hydrogens is 256 g/mol. The Labute approximate surface area is 108 Å². The van der Waals surface area contributed by atoms with Crippen LogP contribution in [0.15, 0.2) is 36.7 Å². The van der Waals surface area contributed by atoms with Crippen molar-refractivity contribution >= 4 is 23.3 Å². The molecule has 0 saturated heterocycles. The number of para-hydroxylation sites is 1. The van der Waals surface area contributed by atoms with Gasteiger partial charge < -0.3 is 15.6 Å². The first kappa shape index (κ1) is 12.2. The summed E-state index contributed by atoms with van der Waals surface area (Å²) in [6.45, 7) is 0. The third-order valence-electron chi connectivity index (χ3n) is 2.18. The van der Waals surface area contributed by atoms with E-state index in [0.717, 1.165) is 0 Å². The lowest BCUT2D eigenvalue weighted by Gasteiger charge is -2.10. The molecule has 0 unspecified atom stereocenters. The summed E-state index contributed by atoms with van der Waals surface area (Å²) >= 11 is 5.76. The molecule has 2 aromatic rings. The number of hydrogen-bond acceptors (Lipinski definition) is 4. The lowest BCUT2D eigenvalue weighted by Crippen LogP contribution is -2.03. The largest absolute Gasteiger partial charge is 0.478 e. The molecule has 0 bridgehead atoms. The van der Waals surface area contributed by atoms with Gasteiger partial charge in [-0.25, -0.2) is 4.79 Å². The third-order valence-corrected chi connectivity index (χ3v) is 2.38. The summed E-state index contributed by atoms with van der Waals surface area (Å²) in [5, 5.41) is 9.43. The van der Waals surface area contributed by atoms with E-state index in [1.165, 1.54) is 24.5 Å². The zero-order chi connectivity index (χ0) is 13.1. The molecule has 0 spiro atoms. The summed E-state index contributed by atoms with van der Waals surface area (Å²) in [6, 6.07) is 6.03. The van der Waals surface area contributed by atoms with Gasteiger partial charge in [0.25, 0.3) is 0 Å². The Morgan fingerprint density at radius 1 is 1.39 bits per heavy atom. The number of anilines is 1. The SMILES string of the molecule is Nc1cccc(C(=O)O)c1Oc1cncc(Cl)c1. The third kappa shape index (κ3) is 2.52. The fraction of sp³-hybridized carbons (Fsp3) is 0. The Morgan fingerprint density at radius 3 is 2.83 bits per heavy atom. The predicted molar refractivity (Wildman–Crippen MR) is 67.1 cm³/mol. The number of pyridine rings is 1. The minimum atomic E-state index is -1.12. The molecule has 18 heavy (non-hydrogen) atoms. The van der Waals surface area contributed by atoms with Gasteiger partial charge in [0.15, 0.2) is 5.75 Å². The van der Waals surface area contributed by atoms with Gasteiger partial charge in [-0.15, -0.1) is 0 Å². The lowest BCUT2D eigenvalue weighted by molar-refractivity contribution is 0.0694. The molecule has 5 nitrogen and oxygen atoms in total. The van der Waals surface area contributed by atoms with Gasteiger partial charge in [0.1, 0.15) is 11.3 Å². The summed E-state index contributed by atoms with van der Waals surface area (Å²) in [5.74, 6) is -0.718. The van der Waals surface area contributed by atoms with Gasteiger partial charge in [0.05, 0.1) is 16.9 Å². The quantitative estimate of drug-likeness (QED) is 0.833. The summed E-state index contributed by atoms with van der Waals surface area (Å²) in [6.07, 6.45) is 2.87. The maximum Gasteiger partial charge on any atom is 0.339 e. The monoisotopic (exact) mass is 264 g/mol. The molecule has 2 rings (SSSR count). The molecular formula is C12H9ClN2O3. The topological polar surface area (TPSA) is 85.4 Å². The number of benzene rings is 1. The van der Waals surface area contributed by atoms with Crippen LogP contribution in [-0.4, -0.2) is 16.1 Å². The van der Waals surface area contributed by atoms with Crippen LogP contribution in [0.5, 0.6) is 11.5 Å². The Hall–Kier alpha value is -2.27. The van der Waals surface area contributed by atoms with E-state index in [-0.39, 0.29) is 17.0 Å². The van der Waals surface area contributed by atoms with Crippen molar-refractivity contribution in [1.82, 2.24) is 4.98 Å². The second-order valence-electron chi connectivity index (χ2n) is 3.47. The number of ether oxygens (including phenoxy) is 1. The smallest absolute Gasteiger partial charge is 0.339 e. The Morgan fingerprint density at radius 2 is 2.17 bits per heavy atom. The molecule has 0 aliphatic rings.